The molecular formula is C6H24N3O15P3. The normalized spacial score (nSPS) is 31.9. The summed E-state index contributed by atoms with van der Waals surface area (Å²) in [7, 11) is -16.2. The summed E-state index contributed by atoms with van der Waals surface area (Å²) < 4.78 is 44.7. The minimum Gasteiger partial charge on any atom is -0.387 e. The first-order chi connectivity index (χ1) is 10.5. The van der Waals surface area contributed by atoms with E-state index in [1.54, 1.807) is 0 Å². The summed E-state index contributed by atoms with van der Waals surface area (Å²) in [5.74, 6) is 0. The van der Waals surface area contributed by atoms with Gasteiger partial charge >= 0.3 is 23.5 Å². The summed E-state index contributed by atoms with van der Waals surface area (Å²) in [5, 5.41) is 29.4. The van der Waals surface area contributed by atoms with E-state index in [9.17, 15) is 29.0 Å². The first-order valence-electron chi connectivity index (χ1n) is 5.78. The average Bonchev–Trinajstić information content (AvgIpc) is 2.32. The van der Waals surface area contributed by atoms with Gasteiger partial charge in [0.1, 0.15) is 36.6 Å². The maximum absolute atomic E-state index is 10.9. The predicted octanol–water partition coefficient (Wildman–Crippen LogP) is -3.00. The molecule has 168 valence electrons. The van der Waals surface area contributed by atoms with Gasteiger partial charge in [0.2, 0.25) is 0 Å². The molecule has 27 heavy (non-hydrogen) atoms. The van der Waals surface area contributed by atoms with Crippen molar-refractivity contribution >= 4 is 23.5 Å². The molecule has 0 saturated heterocycles. The number of aliphatic hydroxyl groups excluding tert-OH is 3. The molecule has 1 rings (SSSR count). The van der Waals surface area contributed by atoms with Crippen LogP contribution in [0.5, 0.6) is 0 Å². The second-order valence-electron chi connectivity index (χ2n) is 4.65. The van der Waals surface area contributed by atoms with Crippen LogP contribution in [0.4, 0.5) is 0 Å². The van der Waals surface area contributed by atoms with Gasteiger partial charge in [0, 0.05) is 0 Å². The first-order valence-corrected chi connectivity index (χ1v) is 10.4. The summed E-state index contributed by atoms with van der Waals surface area (Å²) in [5.41, 5.74) is 0. The van der Waals surface area contributed by atoms with Gasteiger partial charge in [-0.25, -0.2) is 13.7 Å². The molecule has 0 amide bonds. The van der Waals surface area contributed by atoms with Gasteiger partial charge in [0.05, 0.1) is 0 Å². The second kappa shape index (κ2) is 10.7. The molecule has 0 heterocycles. The van der Waals surface area contributed by atoms with Crippen molar-refractivity contribution in [2.24, 2.45) is 0 Å². The van der Waals surface area contributed by atoms with E-state index in [-0.39, 0.29) is 18.5 Å². The van der Waals surface area contributed by atoms with Crippen LogP contribution in [0, 0.1) is 0 Å². The standard InChI is InChI=1S/C6H15O15P3.3H3N/c7-1-4(19-22(10,11)12)2(8)6(21-24(16,17)18)3(9)5(1)20-23(13,14)15;;;/h1-9H,(H2,10,11,12)(H2,13,14,15)(H2,16,17,18);3*1H3. The molecule has 0 aliphatic heterocycles. The van der Waals surface area contributed by atoms with Crippen molar-refractivity contribution in [3.05, 3.63) is 0 Å². The fourth-order valence-electron chi connectivity index (χ4n) is 2.02. The quantitative estimate of drug-likeness (QED) is 0.172. The maximum Gasteiger partial charge on any atom is 0.470 e. The highest BCUT2D eigenvalue weighted by atomic mass is 31.2. The van der Waals surface area contributed by atoms with Gasteiger partial charge in [-0.15, -0.1) is 0 Å². The summed E-state index contributed by atoms with van der Waals surface area (Å²) in [6, 6.07) is 0. The molecule has 18 nitrogen and oxygen atoms in total. The van der Waals surface area contributed by atoms with Crippen LogP contribution < -0.4 is 18.5 Å². The van der Waals surface area contributed by atoms with Crippen molar-refractivity contribution in [2.45, 2.75) is 36.6 Å². The fraction of sp³-hybridized carbons (Fsp3) is 1.00. The Bertz CT molecular complexity index is 495. The summed E-state index contributed by atoms with van der Waals surface area (Å²) >= 11 is 0. The van der Waals surface area contributed by atoms with Gasteiger partial charge in [-0.05, 0) is 0 Å². The molecule has 21 heteroatoms. The Morgan fingerprint density at radius 3 is 0.741 bits per heavy atom. The SMILES string of the molecule is N.N.N.O=P(O)(O)OC1C(O)C(OP(=O)(O)O)C(O)C(OP(=O)(O)O)C1O. The molecule has 0 unspecified atom stereocenters. The zero-order valence-electron chi connectivity index (χ0n) is 13.4. The molecule has 0 atom stereocenters. The third-order valence-corrected chi connectivity index (χ3v) is 4.35. The van der Waals surface area contributed by atoms with E-state index < -0.39 is 60.1 Å². The maximum atomic E-state index is 10.9. The van der Waals surface area contributed by atoms with Crippen LogP contribution in [0.2, 0.25) is 0 Å². The van der Waals surface area contributed by atoms with Crippen molar-refractivity contribution in [1.82, 2.24) is 18.5 Å². The van der Waals surface area contributed by atoms with Crippen molar-refractivity contribution < 1.29 is 71.9 Å². The average molecular weight is 471 g/mol. The number of hydrogen-bond acceptors (Lipinski definition) is 12. The molecule has 1 fully saturated rings. The molecule has 0 aromatic carbocycles. The highest BCUT2D eigenvalue weighted by Gasteiger charge is 2.56. The topological polar surface area (TPSA) is 366 Å². The molecule has 0 radical (unpaired) electrons. The Morgan fingerprint density at radius 1 is 0.481 bits per heavy atom. The zero-order chi connectivity index (χ0) is 19.1. The van der Waals surface area contributed by atoms with Crippen LogP contribution in [0.3, 0.4) is 0 Å². The Kier molecular flexibility index (Phi) is 12.6. The lowest BCUT2D eigenvalue weighted by Gasteiger charge is -2.44. The molecule has 0 spiro atoms. The number of hydrogen-bond donors (Lipinski definition) is 12. The van der Waals surface area contributed by atoms with E-state index in [1.807, 2.05) is 0 Å². The van der Waals surface area contributed by atoms with Crippen molar-refractivity contribution in [3.8, 4) is 0 Å². The monoisotopic (exact) mass is 471 g/mol. The lowest BCUT2D eigenvalue weighted by atomic mass is 9.85. The van der Waals surface area contributed by atoms with E-state index in [4.69, 9.17) is 29.4 Å². The Hall–Kier alpha value is 0.0900. The molecule has 1 aliphatic rings. The second-order valence-corrected chi connectivity index (χ2v) is 8.23. The van der Waals surface area contributed by atoms with E-state index in [0.29, 0.717) is 0 Å². The molecule has 18 N–H and O–H groups in total. The number of aliphatic hydroxyl groups is 3. The minimum atomic E-state index is -5.38. The van der Waals surface area contributed by atoms with Gasteiger partial charge in [0.25, 0.3) is 0 Å². The molecule has 0 aromatic rings. The lowest BCUT2D eigenvalue weighted by Crippen LogP contribution is -2.65. The summed E-state index contributed by atoms with van der Waals surface area (Å²) in [4.78, 5) is 52.3. The van der Waals surface area contributed by atoms with E-state index in [2.05, 4.69) is 13.6 Å². The minimum absolute atomic E-state index is 0. The molecule has 1 aliphatic carbocycles. The van der Waals surface area contributed by atoms with Crippen LogP contribution in [0.1, 0.15) is 0 Å². The predicted molar refractivity (Wildman–Crippen MR) is 83.8 cm³/mol. The lowest BCUT2D eigenvalue weighted by molar-refractivity contribution is -0.212. The van der Waals surface area contributed by atoms with Crippen LogP contribution in [0.15, 0.2) is 0 Å². The highest BCUT2D eigenvalue weighted by molar-refractivity contribution is 7.46. The third kappa shape index (κ3) is 9.91. The zero-order valence-corrected chi connectivity index (χ0v) is 16.1. The van der Waals surface area contributed by atoms with Gasteiger partial charge in [-0.2, -0.15) is 0 Å². The van der Waals surface area contributed by atoms with Crippen molar-refractivity contribution in [3.63, 3.8) is 0 Å². The Labute approximate surface area is 151 Å². The third-order valence-electron chi connectivity index (χ3n) is 2.80. The van der Waals surface area contributed by atoms with E-state index in [0.717, 1.165) is 0 Å². The van der Waals surface area contributed by atoms with Gasteiger partial charge in [0.15, 0.2) is 0 Å². The van der Waals surface area contributed by atoms with Crippen LogP contribution in [-0.2, 0) is 27.3 Å². The number of rotatable bonds is 6. The van der Waals surface area contributed by atoms with Gasteiger partial charge < -0.3 is 63.1 Å². The van der Waals surface area contributed by atoms with Crippen LogP contribution >= 0.6 is 23.5 Å². The highest BCUT2D eigenvalue weighted by Crippen LogP contribution is 2.48. The van der Waals surface area contributed by atoms with Crippen molar-refractivity contribution in [1.29, 1.82) is 0 Å². The van der Waals surface area contributed by atoms with E-state index in [1.165, 1.54) is 0 Å². The fourth-order valence-corrected chi connectivity index (χ4v) is 3.72. The Morgan fingerprint density at radius 2 is 0.630 bits per heavy atom. The summed E-state index contributed by atoms with van der Waals surface area (Å²) in [6.07, 6.45) is -14.3. The Balaban J connectivity index is -0.00000192. The van der Waals surface area contributed by atoms with Crippen molar-refractivity contribution in [2.75, 3.05) is 0 Å². The van der Waals surface area contributed by atoms with Gasteiger partial charge in [-0.1, -0.05) is 0 Å². The van der Waals surface area contributed by atoms with Crippen LogP contribution in [-0.4, -0.2) is 81.3 Å². The smallest absolute Gasteiger partial charge is 0.387 e. The molecular weight excluding hydrogens is 447 g/mol. The molecule has 1 saturated carbocycles. The molecule has 0 aromatic heterocycles. The number of phosphoric acid groups is 3. The van der Waals surface area contributed by atoms with E-state index >= 15 is 0 Å². The number of phosphoric ester groups is 3. The largest absolute Gasteiger partial charge is 0.470 e. The van der Waals surface area contributed by atoms with Crippen LogP contribution in [0.25, 0.3) is 0 Å². The summed E-state index contributed by atoms with van der Waals surface area (Å²) in [6.45, 7) is 0. The molecule has 0 bridgehead atoms. The van der Waals surface area contributed by atoms with Gasteiger partial charge in [-0.3, -0.25) is 13.6 Å². The first kappa shape index (κ1) is 31.8.